The number of methoxy groups -OCH3 is 1. The molecule has 18 heavy (non-hydrogen) atoms. The number of thiazole rings is 1. The number of hydrogen-bond acceptors (Lipinski definition) is 5. The average molecular weight is 270 g/mol. The van der Waals surface area contributed by atoms with Gasteiger partial charge in [-0.25, -0.2) is 4.98 Å². The van der Waals surface area contributed by atoms with Crippen LogP contribution in [0, 0.1) is 0 Å². The molecule has 0 N–H and O–H groups in total. The topological polar surface area (TPSA) is 42.4 Å². The van der Waals surface area contributed by atoms with Gasteiger partial charge in [0.15, 0.2) is 0 Å². The van der Waals surface area contributed by atoms with E-state index in [4.69, 9.17) is 0 Å². The highest BCUT2D eigenvalue weighted by atomic mass is 32.1. The van der Waals surface area contributed by atoms with Gasteiger partial charge in [-0.1, -0.05) is 27.7 Å². The summed E-state index contributed by atoms with van der Waals surface area (Å²) in [5.41, 5.74) is 1.11. The summed E-state index contributed by atoms with van der Waals surface area (Å²) in [6.07, 6.45) is 0. The van der Waals surface area contributed by atoms with E-state index in [1.165, 1.54) is 7.11 Å². The molecule has 5 heteroatoms. The Balaban J connectivity index is 2.65. The molecule has 0 bridgehead atoms. The lowest BCUT2D eigenvalue weighted by Gasteiger charge is -2.18. The maximum atomic E-state index is 11.3. The van der Waals surface area contributed by atoms with E-state index in [1.54, 1.807) is 11.3 Å². The Morgan fingerprint density at radius 1 is 1.50 bits per heavy atom. The van der Waals surface area contributed by atoms with Crippen molar-refractivity contribution in [2.45, 2.75) is 39.7 Å². The van der Waals surface area contributed by atoms with Gasteiger partial charge >= 0.3 is 5.97 Å². The SMILES string of the molecule is CCN(CC(=O)OC)Cc1csc(C(C)(C)C)n1. The molecule has 1 heterocycles. The molecule has 4 nitrogen and oxygen atoms in total. The zero-order valence-corrected chi connectivity index (χ0v) is 12.6. The maximum Gasteiger partial charge on any atom is 0.319 e. The summed E-state index contributed by atoms with van der Waals surface area (Å²) in [6.45, 7) is 10.3. The Labute approximate surface area is 113 Å². The molecule has 1 aromatic rings. The summed E-state index contributed by atoms with van der Waals surface area (Å²) < 4.78 is 4.68. The van der Waals surface area contributed by atoms with E-state index in [2.05, 4.69) is 35.9 Å². The molecule has 0 fully saturated rings. The van der Waals surface area contributed by atoms with Crippen molar-refractivity contribution in [3.05, 3.63) is 16.1 Å². The molecule has 0 aliphatic heterocycles. The van der Waals surface area contributed by atoms with Crippen molar-refractivity contribution in [3.63, 3.8) is 0 Å². The van der Waals surface area contributed by atoms with Crippen molar-refractivity contribution in [1.29, 1.82) is 0 Å². The Morgan fingerprint density at radius 2 is 2.17 bits per heavy atom. The van der Waals surface area contributed by atoms with E-state index in [0.717, 1.165) is 17.2 Å². The molecule has 102 valence electrons. The number of hydrogen-bond donors (Lipinski definition) is 0. The Hall–Kier alpha value is -0.940. The summed E-state index contributed by atoms with van der Waals surface area (Å²) in [7, 11) is 1.41. The van der Waals surface area contributed by atoms with Crippen molar-refractivity contribution in [2.24, 2.45) is 0 Å². The minimum Gasteiger partial charge on any atom is -0.468 e. The number of aromatic nitrogens is 1. The lowest BCUT2D eigenvalue weighted by atomic mass is 9.98. The second-order valence-corrected chi connectivity index (χ2v) is 6.13. The van der Waals surface area contributed by atoms with Gasteiger partial charge in [-0.05, 0) is 6.54 Å². The van der Waals surface area contributed by atoms with Gasteiger partial charge in [0.25, 0.3) is 0 Å². The molecular weight excluding hydrogens is 248 g/mol. The van der Waals surface area contributed by atoms with Crippen molar-refractivity contribution in [3.8, 4) is 0 Å². The van der Waals surface area contributed by atoms with Crippen LogP contribution in [-0.4, -0.2) is 36.1 Å². The van der Waals surface area contributed by atoms with Gasteiger partial charge < -0.3 is 4.74 Å². The van der Waals surface area contributed by atoms with E-state index in [9.17, 15) is 4.79 Å². The molecule has 1 aromatic heterocycles. The summed E-state index contributed by atoms with van der Waals surface area (Å²) in [5.74, 6) is -0.205. The lowest BCUT2D eigenvalue weighted by Crippen LogP contribution is -2.30. The molecule has 0 atom stereocenters. The third-order valence-corrected chi connectivity index (χ3v) is 3.92. The molecule has 0 aliphatic carbocycles. The van der Waals surface area contributed by atoms with Crippen LogP contribution in [0.2, 0.25) is 0 Å². The van der Waals surface area contributed by atoms with Crippen LogP contribution in [0.3, 0.4) is 0 Å². The van der Waals surface area contributed by atoms with Gasteiger partial charge in [0.05, 0.1) is 24.4 Å². The number of likely N-dealkylation sites (N-methyl/N-ethyl adjacent to an activating group) is 1. The minimum atomic E-state index is -0.205. The average Bonchev–Trinajstić information content (AvgIpc) is 2.76. The second kappa shape index (κ2) is 6.29. The van der Waals surface area contributed by atoms with Crippen LogP contribution in [0.4, 0.5) is 0 Å². The molecule has 0 aliphatic rings. The largest absolute Gasteiger partial charge is 0.468 e. The first-order valence-corrected chi connectivity index (χ1v) is 6.98. The smallest absolute Gasteiger partial charge is 0.319 e. The summed E-state index contributed by atoms with van der Waals surface area (Å²) in [5, 5.41) is 3.20. The normalized spacial score (nSPS) is 11.9. The van der Waals surface area contributed by atoms with E-state index in [1.807, 2.05) is 11.8 Å². The molecule has 0 saturated carbocycles. The first-order chi connectivity index (χ1) is 8.36. The first-order valence-electron chi connectivity index (χ1n) is 6.11. The van der Waals surface area contributed by atoms with Crippen molar-refractivity contribution in [1.82, 2.24) is 9.88 Å². The highest BCUT2D eigenvalue weighted by molar-refractivity contribution is 7.09. The van der Waals surface area contributed by atoms with Crippen molar-refractivity contribution >= 4 is 17.3 Å². The van der Waals surface area contributed by atoms with Gasteiger partial charge in [-0.2, -0.15) is 0 Å². The van der Waals surface area contributed by atoms with Crippen LogP contribution in [0.1, 0.15) is 38.4 Å². The lowest BCUT2D eigenvalue weighted by molar-refractivity contribution is -0.142. The fraction of sp³-hybridized carbons (Fsp3) is 0.692. The summed E-state index contributed by atoms with van der Waals surface area (Å²) >= 11 is 1.68. The monoisotopic (exact) mass is 270 g/mol. The number of nitrogens with zero attached hydrogens (tertiary/aromatic N) is 2. The van der Waals surface area contributed by atoms with Crippen LogP contribution in [0.5, 0.6) is 0 Å². The number of carbonyl (C=O) groups excluding carboxylic acids is 1. The van der Waals surface area contributed by atoms with Crippen molar-refractivity contribution < 1.29 is 9.53 Å². The number of esters is 1. The van der Waals surface area contributed by atoms with E-state index >= 15 is 0 Å². The summed E-state index contributed by atoms with van der Waals surface area (Å²) in [6, 6.07) is 0. The number of carbonyl (C=O) groups is 1. The third-order valence-electron chi connectivity index (χ3n) is 2.61. The molecule has 0 unspecified atom stereocenters. The molecule has 0 radical (unpaired) electrons. The van der Waals surface area contributed by atoms with Crippen LogP contribution >= 0.6 is 11.3 Å². The zero-order valence-electron chi connectivity index (χ0n) is 11.8. The zero-order chi connectivity index (χ0) is 13.8. The van der Waals surface area contributed by atoms with Gasteiger partial charge in [-0.15, -0.1) is 11.3 Å². The molecule has 0 spiro atoms. The standard InChI is InChI=1S/C13H22N2O2S/c1-6-15(8-11(16)17-5)7-10-9-18-12(14-10)13(2,3)4/h9H,6-8H2,1-5H3. The summed E-state index contributed by atoms with van der Waals surface area (Å²) in [4.78, 5) is 17.9. The first kappa shape index (κ1) is 15.1. The Morgan fingerprint density at radius 3 is 2.61 bits per heavy atom. The third kappa shape index (κ3) is 4.38. The molecule has 0 amide bonds. The highest BCUT2D eigenvalue weighted by Gasteiger charge is 2.19. The number of ether oxygens (including phenoxy) is 1. The molecular formula is C13H22N2O2S. The van der Waals surface area contributed by atoms with Crippen LogP contribution in [-0.2, 0) is 21.5 Å². The van der Waals surface area contributed by atoms with E-state index in [0.29, 0.717) is 13.1 Å². The Kier molecular flexibility index (Phi) is 5.28. The molecule has 1 rings (SSSR count). The van der Waals surface area contributed by atoms with Crippen molar-refractivity contribution in [2.75, 3.05) is 20.2 Å². The minimum absolute atomic E-state index is 0.0856. The van der Waals surface area contributed by atoms with Gasteiger partial charge in [0.1, 0.15) is 0 Å². The predicted octanol–water partition coefficient (Wildman–Crippen LogP) is 2.44. The van der Waals surface area contributed by atoms with Gasteiger partial charge in [-0.3, -0.25) is 9.69 Å². The second-order valence-electron chi connectivity index (χ2n) is 5.27. The van der Waals surface area contributed by atoms with Crippen LogP contribution < -0.4 is 0 Å². The number of rotatable bonds is 5. The Bertz CT molecular complexity index is 396. The fourth-order valence-electron chi connectivity index (χ4n) is 1.48. The quantitative estimate of drug-likeness (QED) is 0.771. The molecule has 0 saturated heterocycles. The van der Waals surface area contributed by atoms with E-state index < -0.39 is 0 Å². The maximum absolute atomic E-state index is 11.3. The molecule has 0 aromatic carbocycles. The van der Waals surface area contributed by atoms with Gasteiger partial charge in [0.2, 0.25) is 0 Å². The van der Waals surface area contributed by atoms with Crippen LogP contribution in [0.15, 0.2) is 5.38 Å². The van der Waals surface area contributed by atoms with E-state index in [-0.39, 0.29) is 11.4 Å². The highest BCUT2D eigenvalue weighted by Crippen LogP contribution is 2.25. The fourth-order valence-corrected chi connectivity index (χ4v) is 2.38. The predicted molar refractivity (Wildman–Crippen MR) is 73.8 cm³/mol. The van der Waals surface area contributed by atoms with Gasteiger partial charge in [0, 0.05) is 17.3 Å². The van der Waals surface area contributed by atoms with Crippen LogP contribution in [0.25, 0.3) is 0 Å².